The highest BCUT2D eigenvalue weighted by Crippen LogP contribution is 2.39. The summed E-state index contributed by atoms with van der Waals surface area (Å²) < 4.78 is 6.46. The molecule has 178 valence electrons. The second-order valence-electron chi connectivity index (χ2n) is 7.88. The van der Waals surface area contributed by atoms with E-state index in [9.17, 15) is 0 Å². The molecule has 0 fully saturated rings. The lowest BCUT2D eigenvalue weighted by Crippen LogP contribution is -1.94. The monoisotopic (exact) mass is 471 g/mol. The maximum Gasteiger partial charge on any atom is 0.227 e. The Labute approximate surface area is 212 Å². The van der Waals surface area contributed by atoms with Crippen molar-refractivity contribution in [2.24, 2.45) is 10.2 Å². The van der Waals surface area contributed by atoms with Gasteiger partial charge in [0, 0.05) is 23.4 Å². The molecule has 0 amide bonds. The van der Waals surface area contributed by atoms with Crippen LogP contribution in [0.25, 0.3) is 45.2 Å². The first-order valence-electron chi connectivity index (χ1n) is 12.1. The molecule has 4 aromatic carbocycles. The number of benzene rings is 4. The number of aromatic nitrogens is 1. The summed E-state index contributed by atoms with van der Waals surface area (Å²) in [5, 5.41) is 7.75. The van der Waals surface area contributed by atoms with Gasteiger partial charge in [0.05, 0.1) is 5.71 Å². The van der Waals surface area contributed by atoms with Gasteiger partial charge >= 0.3 is 0 Å². The fraction of sp³-hybridized carbons (Fsp3) is 0.0938. The van der Waals surface area contributed by atoms with E-state index < -0.39 is 0 Å². The minimum absolute atomic E-state index is 0.580. The van der Waals surface area contributed by atoms with Gasteiger partial charge in [-0.3, -0.25) is 0 Å². The Morgan fingerprint density at radius 2 is 1.28 bits per heavy atom. The van der Waals surface area contributed by atoms with Gasteiger partial charge in [0.25, 0.3) is 0 Å². The van der Waals surface area contributed by atoms with Gasteiger partial charge < -0.3 is 4.42 Å². The third kappa shape index (κ3) is 5.23. The number of nitrogens with zero attached hydrogens (tertiary/aromatic N) is 3. The van der Waals surface area contributed by atoms with Crippen molar-refractivity contribution in [1.82, 2.24) is 4.98 Å². The van der Waals surface area contributed by atoms with E-state index in [-0.39, 0.29) is 0 Å². The van der Waals surface area contributed by atoms with E-state index in [4.69, 9.17) is 9.40 Å². The SMILES string of the molecule is C=N/N=C(\C)c1cccc(-c2ccccc2-c2nc(-c3ccccc3)c(-c3ccccc3)o2)c1.CC. The predicted octanol–water partition coefficient (Wildman–Crippen LogP) is 8.79. The minimum Gasteiger partial charge on any atom is -0.435 e. The minimum atomic E-state index is 0.580. The van der Waals surface area contributed by atoms with Gasteiger partial charge in [-0.25, -0.2) is 4.98 Å². The van der Waals surface area contributed by atoms with Crippen LogP contribution in [0.1, 0.15) is 26.3 Å². The molecule has 0 bridgehead atoms. The summed E-state index contributed by atoms with van der Waals surface area (Å²) in [6.45, 7) is 9.39. The van der Waals surface area contributed by atoms with Crippen molar-refractivity contribution in [3.63, 3.8) is 0 Å². The molecule has 5 rings (SSSR count). The van der Waals surface area contributed by atoms with E-state index in [2.05, 4.69) is 47.3 Å². The molecule has 4 heteroatoms. The summed E-state index contributed by atoms with van der Waals surface area (Å²) in [6.07, 6.45) is 0. The lowest BCUT2D eigenvalue weighted by Gasteiger charge is -2.09. The molecule has 0 unspecified atom stereocenters. The number of rotatable bonds is 6. The first kappa shape index (κ1) is 24.6. The van der Waals surface area contributed by atoms with E-state index >= 15 is 0 Å². The molecule has 0 aliphatic rings. The first-order chi connectivity index (χ1) is 17.7. The Morgan fingerprint density at radius 3 is 1.94 bits per heavy atom. The van der Waals surface area contributed by atoms with E-state index in [0.29, 0.717) is 5.89 Å². The zero-order chi connectivity index (χ0) is 25.3. The molecule has 1 aromatic heterocycles. The third-order valence-electron chi connectivity index (χ3n) is 5.68. The van der Waals surface area contributed by atoms with Crippen LogP contribution in [0.15, 0.2) is 124 Å². The van der Waals surface area contributed by atoms with E-state index in [1.54, 1.807) is 0 Å². The summed E-state index contributed by atoms with van der Waals surface area (Å²) >= 11 is 0. The van der Waals surface area contributed by atoms with Crippen molar-refractivity contribution < 1.29 is 4.42 Å². The van der Waals surface area contributed by atoms with Crippen LogP contribution in [-0.4, -0.2) is 17.4 Å². The number of hydrogen-bond donors (Lipinski definition) is 0. The van der Waals surface area contributed by atoms with Crippen LogP contribution in [0.2, 0.25) is 0 Å². The molecular formula is C32H29N3O. The highest BCUT2D eigenvalue weighted by atomic mass is 16.4. The van der Waals surface area contributed by atoms with Gasteiger partial charge in [-0.1, -0.05) is 111 Å². The normalized spacial score (nSPS) is 10.9. The fourth-order valence-corrected chi connectivity index (χ4v) is 4.01. The Bertz CT molecular complexity index is 1410. The average Bonchev–Trinajstić information content (AvgIpc) is 3.41. The number of oxazole rings is 1. The smallest absolute Gasteiger partial charge is 0.227 e. The van der Waals surface area contributed by atoms with Crippen LogP contribution in [0.3, 0.4) is 0 Å². The maximum atomic E-state index is 6.46. The molecule has 0 atom stereocenters. The molecular weight excluding hydrogens is 442 g/mol. The van der Waals surface area contributed by atoms with E-state index in [0.717, 1.165) is 50.5 Å². The highest BCUT2D eigenvalue weighted by molar-refractivity contribution is 6.00. The van der Waals surface area contributed by atoms with Gasteiger partial charge in [-0.05, 0) is 35.7 Å². The second-order valence-corrected chi connectivity index (χ2v) is 7.88. The summed E-state index contributed by atoms with van der Waals surface area (Å²) in [5.74, 6) is 1.34. The number of hydrogen-bond acceptors (Lipinski definition) is 4. The van der Waals surface area contributed by atoms with Crippen molar-refractivity contribution in [2.45, 2.75) is 20.8 Å². The molecule has 0 aliphatic heterocycles. The van der Waals surface area contributed by atoms with Gasteiger partial charge in [0.1, 0.15) is 5.69 Å². The lowest BCUT2D eigenvalue weighted by molar-refractivity contribution is 0.589. The summed E-state index contributed by atoms with van der Waals surface area (Å²) in [4.78, 5) is 4.99. The quantitative estimate of drug-likeness (QED) is 0.183. The maximum absolute atomic E-state index is 6.46. The van der Waals surface area contributed by atoms with Crippen LogP contribution in [0.5, 0.6) is 0 Å². The van der Waals surface area contributed by atoms with Crippen molar-refractivity contribution in [3.8, 4) is 45.2 Å². The standard InChI is InChI=1S/C30H23N3O.C2H6/c1-21(33-31-2)24-16-11-17-25(20-24)26-18-9-10-19-27(26)30-32-28(22-12-5-3-6-13-22)29(34-30)23-14-7-4-8-15-23;1-2/h3-20H,2H2,1H3;1-2H3/b33-21+;. The zero-order valence-corrected chi connectivity index (χ0v) is 20.8. The van der Waals surface area contributed by atoms with Crippen LogP contribution in [0, 0.1) is 0 Å². The average molecular weight is 472 g/mol. The Morgan fingerprint density at radius 1 is 0.694 bits per heavy atom. The molecule has 4 nitrogen and oxygen atoms in total. The van der Waals surface area contributed by atoms with Gasteiger partial charge in [-0.2, -0.15) is 10.2 Å². The molecule has 0 saturated heterocycles. The molecule has 5 aromatic rings. The largest absolute Gasteiger partial charge is 0.435 e. The molecule has 0 saturated carbocycles. The topological polar surface area (TPSA) is 50.8 Å². The van der Waals surface area contributed by atoms with Crippen LogP contribution >= 0.6 is 0 Å². The van der Waals surface area contributed by atoms with Crippen LogP contribution in [-0.2, 0) is 0 Å². The van der Waals surface area contributed by atoms with Crippen molar-refractivity contribution >= 4 is 12.4 Å². The fourth-order valence-electron chi connectivity index (χ4n) is 4.01. The first-order valence-corrected chi connectivity index (χ1v) is 12.1. The molecule has 0 N–H and O–H groups in total. The van der Waals surface area contributed by atoms with E-state index in [1.807, 2.05) is 99.6 Å². The van der Waals surface area contributed by atoms with Crippen molar-refractivity contribution in [1.29, 1.82) is 0 Å². The summed E-state index contributed by atoms with van der Waals surface area (Å²) in [5.41, 5.74) is 7.63. The van der Waals surface area contributed by atoms with Gasteiger partial charge in [-0.15, -0.1) is 0 Å². The van der Waals surface area contributed by atoms with Crippen molar-refractivity contribution in [3.05, 3.63) is 115 Å². The summed E-state index contributed by atoms with van der Waals surface area (Å²) in [6, 6.07) is 36.6. The molecule has 0 radical (unpaired) electrons. The zero-order valence-electron chi connectivity index (χ0n) is 20.8. The van der Waals surface area contributed by atoms with Gasteiger partial charge in [0.15, 0.2) is 5.76 Å². The van der Waals surface area contributed by atoms with E-state index in [1.165, 1.54) is 0 Å². The molecule has 1 heterocycles. The Hall–Kier alpha value is -4.57. The third-order valence-corrected chi connectivity index (χ3v) is 5.68. The van der Waals surface area contributed by atoms with Crippen molar-refractivity contribution in [2.75, 3.05) is 0 Å². The highest BCUT2D eigenvalue weighted by Gasteiger charge is 2.20. The predicted molar refractivity (Wildman–Crippen MR) is 151 cm³/mol. The van der Waals surface area contributed by atoms with Gasteiger partial charge in [0.2, 0.25) is 5.89 Å². The van der Waals surface area contributed by atoms with Crippen LogP contribution < -0.4 is 0 Å². The van der Waals surface area contributed by atoms with Crippen LogP contribution in [0.4, 0.5) is 0 Å². The summed E-state index contributed by atoms with van der Waals surface area (Å²) in [7, 11) is 0. The molecule has 0 aliphatic carbocycles. The second kappa shape index (κ2) is 11.7. The Balaban J connectivity index is 0.00000148. The Kier molecular flexibility index (Phi) is 7.99. The molecule has 0 spiro atoms. The molecule has 36 heavy (non-hydrogen) atoms. The lowest BCUT2D eigenvalue weighted by atomic mass is 9.97.